The van der Waals surface area contributed by atoms with Crippen molar-refractivity contribution < 1.29 is 0 Å². The third-order valence-corrected chi connectivity index (χ3v) is 9.05. The molecule has 26 heavy (non-hydrogen) atoms. The Hall–Kier alpha value is 0. The molecule has 4 aliphatic rings. The van der Waals surface area contributed by atoms with Crippen molar-refractivity contribution in [1.29, 1.82) is 0 Å². The molecule has 152 valence electrons. The van der Waals surface area contributed by atoms with Gasteiger partial charge < -0.3 is 0 Å². The van der Waals surface area contributed by atoms with Crippen molar-refractivity contribution in [3.63, 3.8) is 0 Å². The first-order chi connectivity index (χ1) is 12.6. The van der Waals surface area contributed by atoms with Gasteiger partial charge in [-0.05, 0) is 66.6 Å². The Bertz CT molecular complexity index is 389. The zero-order valence-electron chi connectivity index (χ0n) is 18.5. The molecule has 7 atom stereocenters. The van der Waals surface area contributed by atoms with Gasteiger partial charge in [0.15, 0.2) is 0 Å². The van der Waals surface area contributed by atoms with E-state index < -0.39 is 0 Å². The van der Waals surface area contributed by atoms with Gasteiger partial charge >= 0.3 is 0 Å². The molecule has 0 aromatic rings. The van der Waals surface area contributed by atoms with E-state index in [1.165, 1.54) is 57.8 Å². The average molecular weight is 361 g/mol. The Labute approximate surface area is 165 Å². The monoisotopic (exact) mass is 360 g/mol. The van der Waals surface area contributed by atoms with Crippen LogP contribution in [-0.2, 0) is 0 Å². The van der Waals surface area contributed by atoms with Crippen LogP contribution in [0.2, 0.25) is 0 Å². The Morgan fingerprint density at radius 3 is 1.92 bits per heavy atom. The summed E-state index contributed by atoms with van der Waals surface area (Å²) in [5, 5.41) is 0. The summed E-state index contributed by atoms with van der Waals surface area (Å²) in [7, 11) is 0. The van der Waals surface area contributed by atoms with Crippen LogP contribution in [0.3, 0.4) is 0 Å². The highest BCUT2D eigenvalue weighted by Gasteiger charge is 2.48. The Morgan fingerprint density at radius 1 is 0.654 bits per heavy atom. The highest BCUT2D eigenvalue weighted by Crippen LogP contribution is 2.56. The topological polar surface area (TPSA) is 0 Å². The lowest BCUT2D eigenvalue weighted by atomic mass is 9.55. The maximum Gasteiger partial charge on any atom is -0.0321 e. The molecule has 0 spiro atoms. The van der Waals surface area contributed by atoms with Gasteiger partial charge in [0, 0.05) is 0 Å². The molecule has 0 aromatic heterocycles. The van der Waals surface area contributed by atoms with Crippen molar-refractivity contribution in [3.8, 4) is 0 Å². The smallest absolute Gasteiger partial charge is 0.0321 e. The number of hydrogen-bond donors (Lipinski definition) is 0. The van der Waals surface area contributed by atoms with Crippen molar-refractivity contribution >= 4 is 0 Å². The highest BCUT2D eigenvalue weighted by molar-refractivity contribution is 4.97. The van der Waals surface area contributed by atoms with Gasteiger partial charge in [0.25, 0.3) is 0 Å². The lowest BCUT2D eigenvalue weighted by molar-refractivity contribution is -0.0149. The fourth-order valence-electron chi connectivity index (χ4n) is 7.71. The summed E-state index contributed by atoms with van der Waals surface area (Å²) in [4.78, 5) is 0. The summed E-state index contributed by atoms with van der Waals surface area (Å²) in [6.07, 6.45) is 21.2. The van der Waals surface area contributed by atoms with E-state index in [0.29, 0.717) is 0 Å². The van der Waals surface area contributed by atoms with Gasteiger partial charge in [-0.25, -0.2) is 0 Å². The first-order valence-electron chi connectivity index (χ1n) is 12.6. The molecule has 0 radical (unpaired) electrons. The second kappa shape index (κ2) is 9.97. The van der Waals surface area contributed by atoms with Crippen LogP contribution in [0.5, 0.6) is 0 Å². The molecule has 7 unspecified atom stereocenters. The second-order valence-corrected chi connectivity index (χ2v) is 10.9. The van der Waals surface area contributed by atoms with Gasteiger partial charge in [0.1, 0.15) is 0 Å². The molecule has 4 rings (SSSR count). The van der Waals surface area contributed by atoms with Crippen LogP contribution in [-0.4, -0.2) is 0 Å². The normalized spacial score (nSPS) is 43.6. The zero-order chi connectivity index (χ0) is 18.5. The van der Waals surface area contributed by atoms with Crippen LogP contribution in [0.4, 0.5) is 0 Å². The summed E-state index contributed by atoms with van der Waals surface area (Å²) in [6, 6.07) is 0. The minimum absolute atomic E-state index is 1.01. The van der Waals surface area contributed by atoms with Crippen LogP contribution in [0.1, 0.15) is 118 Å². The van der Waals surface area contributed by atoms with E-state index >= 15 is 0 Å². The van der Waals surface area contributed by atoms with Crippen LogP contribution in [0, 0.1) is 47.3 Å². The summed E-state index contributed by atoms with van der Waals surface area (Å²) in [5.41, 5.74) is 0. The van der Waals surface area contributed by atoms with Crippen molar-refractivity contribution in [2.45, 2.75) is 118 Å². The molecule has 0 nitrogen and oxygen atoms in total. The molecule has 4 aliphatic carbocycles. The predicted molar refractivity (Wildman–Crippen MR) is 115 cm³/mol. The standard InChI is InChI=1S/C20H36.C6H12/c1-4-8-17-15(3)13-16-10-7-12-19(16)20(17)18-11-6-5-9-14(18)2;1-6-4-2-3-5-6/h14-20H,4-13H2,1-3H3;6H,2-5H2,1H3. The Morgan fingerprint density at radius 2 is 1.31 bits per heavy atom. The molecule has 4 fully saturated rings. The lowest BCUT2D eigenvalue weighted by Gasteiger charge is -2.50. The summed E-state index contributed by atoms with van der Waals surface area (Å²) in [5.74, 6) is 8.53. The third-order valence-electron chi connectivity index (χ3n) is 9.05. The van der Waals surface area contributed by atoms with Crippen LogP contribution >= 0.6 is 0 Å². The van der Waals surface area contributed by atoms with Crippen molar-refractivity contribution in [2.24, 2.45) is 47.3 Å². The van der Waals surface area contributed by atoms with Gasteiger partial charge in [-0.1, -0.05) is 98.3 Å². The van der Waals surface area contributed by atoms with Crippen molar-refractivity contribution in [2.75, 3.05) is 0 Å². The van der Waals surface area contributed by atoms with E-state index in [-0.39, 0.29) is 0 Å². The van der Waals surface area contributed by atoms with E-state index in [2.05, 4.69) is 27.7 Å². The molecule has 0 aliphatic heterocycles. The molecular weight excluding hydrogens is 312 g/mol. The fraction of sp³-hybridized carbons (Fsp3) is 1.00. The largest absolute Gasteiger partial charge is 0.0654 e. The third kappa shape index (κ3) is 4.88. The maximum absolute atomic E-state index is 2.59. The first-order valence-corrected chi connectivity index (χ1v) is 12.6. The first kappa shape index (κ1) is 20.7. The van der Waals surface area contributed by atoms with Crippen LogP contribution < -0.4 is 0 Å². The van der Waals surface area contributed by atoms with Gasteiger partial charge in [0.05, 0.1) is 0 Å². The summed E-state index contributed by atoms with van der Waals surface area (Å²) >= 11 is 0. The summed E-state index contributed by atoms with van der Waals surface area (Å²) in [6.45, 7) is 9.92. The van der Waals surface area contributed by atoms with Crippen LogP contribution in [0.25, 0.3) is 0 Å². The van der Waals surface area contributed by atoms with E-state index in [1.807, 2.05) is 0 Å². The molecule has 4 saturated carbocycles. The SMILES string of the molecule is CC1CCCC1.CCCC1C(C)CC2CCCC2C1C1CCCCC1C. The van der Waals surface area contributed by atoms with Gasteiger partial charge in [-0.3, -0.25) is 0 Å². The second-order valence-electron chi connectivity index (χ2n) is 10.9. The van der Waals surface area contributed by atoms with E-state index in [0.717, 1.165) is 47.3 Å². The molecule has 0 heteroatoms. The molecule has 0 aromatic carbocycles. The molecule has 0 heterocycles. The quantitative estimate of drug-likeness (QED) is 0.473. The summed E-state index contributed by atoms with van der Waals surface area (Å²) < 4.78 is 0. The Kier molecular flexibility index (Phi) is 7.95. The molecule has 0 bridgehead atoms. The minimum Gasteiger partial charge on any atom is -0.0654 e. The van der Waals surface area contributed by atoms with Gasteiger partial charge in [0.2, 0.25) is 0 Å². The molecule has 0 amide bonds. The average Bonchev–Trinajstić information content (AvgIpc) is 3.28. The van der Waals surface area contributed by atoms with Crippen molar-refractivity contribution in [3.05, 3.63) is 0 Å². The van der Waals surface area contributed by atoms with E-state index in [4.69, 9.17) is 0 Å². The molecule has 0 N–H and O–H groups in total. The number of fused-ring (bicyclic) bond motifs is 1. The predicted octanol–water partition coefficient (Wildman–Crippen LogP) is 8.50. The number of rotatable bonds is 3. The van der Waals surface area contributed by atoms with Crippen LogP contribution in [0.15, 0.2) is 0 Å². The Balaban J connectivity index is 0.000000278. The van der Waals surface area contributed by atoms with E-state index in [9.17, 15) is 0 Å². The van der Waals surface area contributed by atoms with Crippen molar-refractivity contribution in [1.82, 2.24) is 0 Å². The minimum atomic E-state index is 1.01. The lowest BCUT2D eigenvalue weighted by Crippen LogP contribution is -2.43. The van der Waals surface area contributed by atoms with Gasteiger partial charge in [-0.15, -0.1) is 0 Å². The van der Waals surface area contributed by atoms with Gasteiger partial charge in [-0.2, -0.15) is 0 Å². The maximum atomic E-state index is 2.59. The number of hydrogen-bond acceptors (Lipinski definition) is 0. The fourth-order valence-corrected chi connectivity index (χ4v) is 7.71. The molecule has 0 saturated heterocycles. The van der Waals surface area contributed by atoms with E-state index in [1.54, 1.807) is 32.1 Å². The highest BCUT2D eigenvalue weighted by atomic mass is 14.5. The molecular formula is C26H48. The zero-order valence-corrected chi connectivity index (χ0v) is 18.5.